The molecule has 3 aliphatic heterocycles. The summed E-state index contributed by atoms with van der Waals surface area (Å²) >= 11 is 0. The van der Waals surface area contributed by atoms with Crippen LogP contribution in [0.25, 0.3) is 0 Å². The minimum Gasteiger partial charge on any atom is -0.458 e. The summed E-state index contributed by atoms with van der Waals surface area (Å²) in [5.41, 5.74) is 1.27. The number of hydrogen-bond acceptors (Lipinski definition) is 8. The van der Waals surface area contributed by atoms with Gasteiger partial charge in [-0.15, -0.1) is 0 Å². The summed E-state index contributed by atoms with van der Waals surface area (Å²) in [6, 6.07) is 0. The molecule has 2 N–H and O–H groups in total. The number of carbonyl (C=O) groups is 1. The van der Waals surface area contributed by atoms with Crippen molar-refractivity contribution < 1.29 is 38.7 Å². The van der Waals surface area contributed by atoms with E-state index in [1.54, 1.807) is 13.2 Å². The molecule has 11 atom stereocenters. The van der Waals surface area contributed by atoms with E-state index in [4.69, 9.17) is 23.7 Å². The number of rotatable bonds is 2. The molecule has 204 valence electrons. The Hall–Kier alpha value is -1.29. The number of aliphatic hydroxyl groups is 2. The monoisotopic (exact) mass is 516 g/mol. The number of carbonyl (C=O) groups excluding carboxylic acids is 1. The molecule has 3 saturated carbocycles. The van der Waals surface area contributed by atoms with Crippen LogP contribution in [0.15, 0.2) is 23.3 Å². The minimum atomic E-state index is -1.62. The molecule has 5 fully saturated rings. The van der Waals surface area contributed by atoms with Gasteiger partial charge in [0.2, 0.25) is 12.1 Å². The maximum Gasteiger partial charge on any atom is 0.331 e. The maximum atomic E-state index is 12.5. The van der Waals surface area contributed by atoms with Crippen LogP contribution >= 0.6 is 0 Å². The fourth-order valence-corrected chi connectivity index (χ4v) is 9.81. The third kappa shape index (κ3) is 3.20. The Morgan fingerprint density at radius 2 is 1.92 bits per heavy atom. The highest BCUT2D eigenvalue weighted by molar-refractivity contribution is 5.85. The second-order valence-electron chi connectivity index (χ2n) is 13.1. The number of ether oxygens (including phenoxy) is 5. The molecule has 2 saturated heterocycles. The number of esters is 1. The quantitative estimate of drug-likeness (QED) is 0.427. The summed E-state index contributed by atoms with van der Waals surface area (Å²) in [4.78, 5) is 11.8. The van der Waals surface area contributed by atoms with Crippen molar-refractivity contribution in [2.75, 3.05) is 20.3 Å². The van der Waals surface area contributed by atoms with E-state index in [-0.39, 0.29) is 40.8 Å². The van der Waals surface area contributed by atoms with Gasteiger partial charge in [-0.3, -0.25) is 0 Å². The summed E-state index contributed by atoms with van der Waals surface area (Å²) < 4.78 is 29.3. The number of cyclic esters (lactones) is 1. The first kappa shape index (κ1) is 24.7. The van der Waals surface area contributed by atoms with E-state index in [1.807, 2.05) is 0 Å². The maximum absolute atomic E-state index is 12.5. The van der Waals surface area contributed by atoms with Gasteiger partial charge in [-0.2, -0.15) is 0 Å². The number of methoxy groups -OCH3 is 1. The summed E-state index contributed by atoms with van der Waals surface area (Å²) in [6.07, 6.45) is 8.71. The van der Waals surface area contributed by atoms with Gasteiger partial charge < -0.3 is 33.9 Å². The number of hydrogen-bond donors (Lipinski definition) is 2. The molecule has 0 aromatic rings. The van der Waals surface area contributed by atoms with Crippen LogP contribution in [-0.2, 0) is 28.5 Å². The summed E-state index contributed by atoms with van der Waals surface area (Å²) in [6.45, 7) is 5.40. The SMILES string of the molecule is CO[C@H]1CCO[C@H]2O[C@@H]3C=C4CC[C@@H]5[C@H](CC[C@]6(C)[C@@H](C7=CC(=O)OC7)CC[C@]56O)[C@@]4(C)C[C@H]3OC21O. The first-order valence-electron chi connectivity index (χ1n) is 14.1. The Balaban J connectivity index is 1.18. The van der Waals surface area contributed by atoms with Crippen LogP contribution in [0.1, 0.15) is 65.2 Å². The Morgan fingerprint density at radius 1 is 1.08 bits per heavy atom. The fourth-order valence-electron chi connectivity index (χ4n) is 9.81. The first-order valence-corrected chi connectivity index (χ1v) is 14.1. The molecule has 0 aromatic heterocycles. The zero-order valence-corrected chi connectivity index (χ0v) is 22.1. The Bertz CT molecular complexity index is 1050. The lowest BCUT2D eigenvalue weighted by Crippen LogP contribution is -2.68. The van der Waals surface area contributed by atoms with Crippen LogP contribution < -0.4 is 0 Å². The molecule has 37 heavy (non-hydrogen) atoms. The predicted molar refractivity (Wildman–Crippen MR) is 131 cm³/mol. The highest BCUT2D eigenvalue weighted by Crippen LogP contribution is 2.69. The van der Waals surface area contributed by atoms with Gasteiger partial charge in [-0.05, 0) is 73.7 Å². The lowest BCUT2D eigenvalue weighted by molar-refractivity contribution is -0.442. The Labute approximate surface area is 218 Å². The second kappa shape index (κ2) is 8.12. The van der Waals surface area contributed by atoms with E-state index >= 15 is 0 Å². The third-order valence-corrected chi connectivity index (χ3v) is 11.8. The topological polar surface area (TPSA) is 104 Å². The molecular formula is C29H40O8. The van der Waals surface area contributed by atoms with Gasteiger partial charge in [0, 0.05) is 25.0 Å². The molecule has 0 aromatic carbocycles. The molecule has 3 heterocycles. The van der Waals surface area contributed by atoms with Crippen LogP contribution in [0, 0.1) is 28.6 Å². The van der Waals surface area contributed by atoms with Crippen molar-refractivity contribution in [3.63, 3.8) is 0 Å². The standard InChI is InChI=1S/C29H40O8/c1-26-14-22-21(36-25-29(32,37-22)23(33-3)8-11-34-25)13-17(26)4-5-20-19(26)6-9-27(2)18(7-10-28(20,27)31)16-12-24(30)35-15-16/h12-13,18-23,25,31-32H,4-11,14-15H2,1-3H3/t18-,19+,20-,21-,22-,23+,25+,26+,27-,28+,29?/m1/s1. The minimum absolute atomic E-state index is 0.143. The zero-order valence-electron chi connectivity index (χ0n) is 22.1. The van der Waals surface area contributed by atoms with Crippen LogP contribution in [0.3, 0.4) is 0 Å². The van der Waals surface area contributed by atoms with Gasteiger partial charge in [-0.25, -0.2) is 4.79 Å². The zero-order chi connectivity index (χ0) is 25.8. The first-order chi connectivity index (χ1) is 17.6. The molecule has 7 aliphatic rings. The Morgan fingerprint density at radius 3 is 2.68 bits per heavy atom. The van der Waals surface area contributed by atoms with Gasteiger partial charge in [0.15, 0.2) is 0 Å². The second-order valence-corrected chi connectivity index (χ2v) is 13.1. The van der Waals surface area contributed by atoms with Crippen molar-refractivity contribution in [2.45, 2.75) is 101 Å². The fraction of sp³-hybridized carbons (Fsp3) is 0.828. The average molecular weight is 517 g/mol. The summed E-state index contributed by atoms with van der Waals surface area (Å²) in [5.74, 6) is -1.20. The number of allylic oxidation sites excluding steroid dienone is 1. The lowest BCUT2D eigenvalue weighted by Gasteiger charge is -2.63. The van der Waals surface area contributed by atoms with Gasteiger partial charge in [0.05, 0.1) is 18.3 Å². The van der Waals surface area contributed by atoms with Crippen molar-refractivity contribution in [3.8, 4) is 0 Å². The molecule has 4 aliphatic carbocycles. The normalized spacial score (nSPS) is 54.6. The van der Waals surface area contributed by atoms with E-state index in [1.165, 1.54) is 5.57 Å². The van der Waals surface area contributed by atoms with Crippen LogP contribution in [0.5, 0.6) is 0 Å². The lowest BCUT2D eigenvalue weighted by atomic mass is 9.45. The predicted octanol–water partition coefficient (Wildman–Crippen LogP) is 3.01. The van der Waals surface area contributed by atoms with Gasteiger partial charge in [0.1, 0.15) is 18.8 Å². The van der Waals surface area contributed by atoms with E-state index in [0.717, 1.165) is 50.5 Å². The Kier molecular flexibility index (Phi) is 5.42. The van der Waals surface area contributed by atoms with Crippen molar-refractivity contribution >= 4 is 5.97 Å². The molecule has 0 radical (unpaired) electrons. The van der Waals surface area contributed by atoms with Crippen molar-refractivity contribution in [3.05, 3.63) is 23.3 Å². The molecule has 7 rings (SSSR count). The van der Waals surface area contributed by atoms with Crippen LogP contribution in [-0.4, -0.2) is 72.5 Å². The van der Waals surface area contributed by atoms with Crippen LogP contribution in [0.2, 0.25) is 0 Å². The molecule has 8 heteroatoms. The van der Waals surface area contributed by atoms with E-state index in [0.29, 0.717) is 25.6 Å². The molecule has 1 unspecified atom stereocenters. The largest absolute Gasteiger partial charge is 0.458 e. The van der Waals surface area contributed by atoms with Crippen molar-refractivity contribution in [2.24, 2.45) is 28.6 Å². The average Bonchev–Trinajstić information content (AvgIpc) is 3.40. The van der Waals surface area contributed by atoms with Gasteiger partial charge >= 0.3 is 5.97 Å². The molecule has 8 nitrogen and oxygen atoms in total. The van der Waals surface area contributed by atoms with Crippen molar-refractivity contribution in [1.29, 1.82) is 0 Å². The summed E-state index contributed by atoms with van der Waals surface area (Å²) in [7, 11) is 1.59. The highest BCUT2D eigenvalue weighted by atomic mass is 16.8. The third-order valence-electron chi connectivity index (χ3n) is 11.8. The molecule has 0 spiro atoms. The molecule has 0 bridgehead atoms. The number of fused-ring (bicyclic) bond motifs is 7. The highest BCUT2D eigenvalue weighted by Gasteiger charge is 2.68. The van der Waals surface area contributed by atoms with Gasteiger partial charge in [0.25, 0.3) is 0 Å². The molecular weight excluding hydrogens is 476 g/mol. The van der Waals surface area contributed by atoms with Crippen LogP contribution in [0.4, 0.5) is 0 Å². The summed E-state index contributed by atoms with van der Waals surface area (Å²) in [5, 5.41) is 23.9. The van der Waals surface area contributed by atoms with E-state index in [9.17, 15) is 15.0 Å². The molecule has 0 amide bonds. The van der Waals surface area contributed by atoms with Gasteiger partial charge in [-0.1, -0.05) is 25.5 Å². The van der Waals surface area contributed by atoms with E-state index < -0.39 is 23.8 Å². The van der Waals surface area contributed by atoms with Crippen molar-refractivity contribution in [1.82, 2.24) is 0 Å². The smallest absolute Gasteiger partial charge is 0.331 e. The van der Waals surface area contributed by atoms with E-state index in [2.05, 4.69) is 19.9 Å².